The Morgan fingerprint density at radius 3 is 2.12 bits per heavy atom. The van der Waals surface area contributed by atoms with Gasteiger partial charge in [-0.1, -0.05) is 18.2 Å². The number of benzene rings is 2. The number of nitrogens with one attached hydrogen (secondary N) is 1. The van der Waals surface area contributed by atoms with Crippen molar-refractivity contribution in [2.75, 3.05) is 7.11 Å². The summed E-state index contributed by atoms with van der Waals surface area (Å²) < 4.78 is 43.3. The van der Waals surface area contributed by atoms with Crippen LogP contribution in [0.4, 0.5) is 13.6 Å². The number of esters is 1. The van der Waals surface area contributed by atoms with Gasteiger partial charge in [-0.25, -0.2) is 18.4 Å². The molecule has 3 atom stereocenters. The van der Waals surface area contributed by atoms with E-state index in [0.29, 0.717) is 11.1 Å². The topological polar surface area (TPSA) is 73.9 Å². The monoisotopic (exact) mass is 449 g/mol. The molecule has 0 aromatic heterocycles. The van der Waals surface area contributed by atoms with Crippen molar-refractivity contribution in [1.29, 1.82) is 0 Å². The largest absolute Gasteiger partial charge is 0.496 e. The third kappa shape index (κ3) is 6.93. The maximum absolute atomic E-state index is 13.7. The molecule has 0 radical (unpaired) electrons. The van der Waals surface area contributed by atoms with Crippen LogP contribution < -0.4 is 10.1 Å². The fourth-order valence-electron chi connectivity index (χ4n) is 3.21. The molecule has 0 aliphatic carbocycles. The van der Waals surface area contributed by atoms with Crippen LogP contribution >= 0.6 is 0 Å². The maximum atomic E-state index is 13.7. The summed E-state index contributed by atoms with van der Waals surface area (Å²) in [5.74, 6) is -1.90. The van der Waals surface area contributed by atoms with Crippen LogP contribution in [0.5, 0.6) is 5.75 Å². The van der Waals surface area contributed by atoms with Crippen LogP contribution in [0.25, 0.3) is 0 Å². The third-order valence-electron chi connectivity index (χ3n) is 4.62. The van der Waals surface area contributed by atoms with Gasteiger partial charge in [-0.05, 0) is 58.4 Å². The van der Waals surface area contributed by atoms with E-state index in [1.54, 1.807) is 39.8 Å². The lowest BCUT2D eigenvalue weighted by Crippen LogP contribution is -2.43. The van der Waals surface area contributed by atoms with Gasteiger partial charge in [0.15, 0.2) is 0 Å². The SMILES string of the molecule is COc1cc(F)ccc1[C@@H](c1ccc(F)cc1)[C@H](C)OC(=O)[C@H](C)NC(=O)OC(C)(C)C. The lowest BCUT2D eigenvalue weighted by molar-refractivity contribution is -0.150. The second kappa shape index (κ2) is 10.4. The standard InChI is InChI=1S/C24H29F2NO5/c1-14(27-23(29)32-24(3,4)5)22(28)31-15(2)21(16-7-9-17(25)10-8-16)19-12-11-18(26)13-20(19)30-6/h7-15,21H,1-6H3,(H,27,29)/t14-,15-,21+/m0/s1. The van der Waals surface area contributed by atoms with Gasteiger partial charge in [0, 0.05) is 17.5 Å². The van der Waals surface area contributed by atoms with Gasteiger partial charge in [0.25, 0.3) is 0 Å². The van der Waals surface area contributed by atoms with Crippen molar-refractivity contribution in [3.8, 4) is 5.75 Å². The van der Waals surface area contributed by atoms with E-state index in [0.717, 1.165) is 0 Å². The Balaban J connectivity index is 2.27. The van der Waals surface area contributed by atoms with Gasteiger partial charge in [-0.3, -0.25) is 0 Å². The number of hydrogen-bond acceptors (Lipinski definition) is 5. The van der Waals surface area contributed by atoms with E-state index < -0.39 is 47.4 Å². The van der Waals surface area contributed by atoms with E-state index in [1.807, 2.05) is 0 Å². The van der Waals surface area contributed by atoms with E-state index in [1.165, 1.54) is 44.4 Å². The first kappa shape index (κ1) is 25.1. The van der Waals surface area contributed by atoms with Gasteiger partial charge in [-0.2, -0.15) is 0 Å². The molecule has 2 rings (SSSR count). The number of carbonyl (C=O) groups is 2. The van der Waals surface area contributed by atoms with Crippen molar-refractivity contribution < 1.29 is 32.6 Å². The zero-order valence-electron chi connectivity index (χ0n) is 19.1. The summed E-state index contributed by atoms with van der Waals surface area (Å²) in [4.78, 5) is 24.6. The molecular weight excluding hydrogens is 420 g/mol. The first-order valence-corrected chi connectivity index (χ1v) is 10.2. The molecule has 2 aromatic carbocycles. The number of hydrogen-bond donors (Lipinski definition) is 1. The van der Waals surface area contributed by atoms with Gasteiger partial charge < -0.3 is 19.5 Å². The Hall–Kier alpha value is -3.16. The van der Waals surface area contributed by atoms with Crippen LogP contribution in [0.2, 0.25) is 0 Å². The molecule has 0 aliphatic heterocycles. The van der Waals surface area contributed by atoms with Crippen LogP contribution in [-0.2, 0) is 14.3 Å². The normalized spacial score (nSPS) is 14.1. The summed E-state index contributed by atoms with van der Waals surface area (Å²) in [7, 11) is 1.41. The van der Waals surface area contributed by atoms with E-state index in [2.05, 4.69) is 5.32 Å². The van der Waals surface area contributed by atoms with Crippen LogP contribution in [0, 0.1) is 11.6 Å². The highest BCUT2D eigenvalue weighted by Crippen LogP contribution is 2.36. The predicted octanol–water partition coefficient (Wildman–Crippen LogP) is 4.95. The minimum atomic E-state index is -0.976. The van der Waals surface area contributed by atoms with E-state index in [4.69, 9.17) is 14.2 Å². The van der Waals surface area contributed by atoms with Crippen molar-refractivity contribution in [2.24, 2.45) is 0 Å². The van der Waals surface area contributed by atoms with Gasteiger partial charge in [-0.15, -0.1) is 0 Å². The molecule has 6 nitrogen and oxygen atoms in total. The summed E-state index contributed by atoms with van der Waals surface area (Å²) in [6, 6.07) is 8.78. The first-order chi connectivity index (χ1) is 14.9. The second-order valence-corrected chi connectivity index (χ2v) is 8.43. The molecule has 0 unspecified atom stereocenters. The Kier molecular flexibility index (Phi) is 8.19. The van der Waals surface area contributed by atoms with Crippen LogP contribution in [0.1, 0.15) is 51.7 Å². The summed E-state index contributed by atoms with van der Waals surface area (Å²) in [5.41, 5.74) is 0.492. The predicted molar refractivity (Wildman–Crippen MR) is 116 cm³/mol. The van der Waals surface area contributed by atoms with E-state index in [9.17, 15) is 18.4 Å². The molecule has 0 fully saturated rings. The Morgan fingerprint density at radius 2 is 1.56 bits per heavy atom. The lowest BCUT2D eigenvalue weighted by Gasteiger charge is -2.28. The highest BCUT2D eigenvalue weighted by molar-refractivity contribution is 5.81. The number of alkyl carbamates (subject to hydrolysis) is 1. The second-order valence-electron chi connectivity index (χ2n) is 8.43. The number of ether oxygens (including phenoxy) is 3. The molecule has 0 bridgehead atoms. The average Bonchev–Trinajstić information content (AvgIpc) is 2.69. The number of amides is 1. The van der Waals surface area contributed by atoms with Gasteiger partial charge in [0.2, 0.25) is 0 Å². The average molecular weight is 449 g/mol. The minimum Gasteiger partial charge on any atom is -0.496 e. The lowest BCUT2D eigenvalue weighted by atomic mass is 9.86. The number of rotatable bonds is 7. The van der Waals surface area contributed by atoms with Crippen LogP contribution in [-0.4, -0.2) is 36.9 Å². The molecule has 0 spiro atoms. The molecule has 8 heteroatoms. The molecule has 0 aliphatic rings. The van der Waals surface area contributed by atoms with Crippen molar-refractivity contribution in [2.45, 2.75) is 58.3 Å². The van der Waals surface area contributed by atoms with Crippen LogP contribution in [0.15, 0.2) is 42.5 Å². The fraction of sp³-hybridized carbons (Fsp3) is 0.417. The van der Waals surface area contributed by atoms with Crippen molar-refractivity contribution in [1.82, 2.24) is 5.32 Å². The first-order valence-electron chi connectivity index (χ1n) is 10.2. The molecular formula is C24H29F2NO5. The number of carbonyl (C=O) groups excluding carboxylic acids is 2. The third-order valence-corrected chi connectivity index (χ3v) is 4.62. The van der Waals surface area contributed by atoms with Gasteiger partial charge in [0.05, 0.1) is 7.11 Å². The Bertz CT molecular complexity index is 940. The minimum absolute atomic E-state index is 0.266. The zero-order chi connectivity index (χ0) is 24.1. The Labute approximate surface area is 186 Å². The highest BCUT2D eigenvalue weighted by atomic mass is 19.1. The van der Waals surface area contributed by atoms with Crippen molar-refractivity contribution >= 4 is 12.1 Å². The van der Waals surface area contributed by atoms with E-state index in [-0.39, 0.29) is 5.75 Å². The smallest absolute Gasteiger partial charge is 0.408 e. The summed E-state index contributed by atoms with van der Waals surface area (Å²) in [6.45, 7) is 8.27. The molecule has 174 valence electrons. The Morgan fingerprint density at radius 1 is 0.969 bits per heavy atom. The number of methoxy groups -OCH3 is 1. The molecule has 1 N–H and O–H groups in total. The summed E-state index contributed by atoms with van der Waals surface area (Å²) >= 11 is 0. The maximum Gasteiger partial charge on any atom is 0.408 e. The van der Waals surface area contributed by atoms with Crippen molar-refractivity contribution in [3.63, 3.8) is 0 Å². The summed E-state index contributed by atoms with van der Waals surface area (Å²) in [5, 5.41) is 2.44. The van der Waals surface area contributed by atoms with Crippen molar-refractivity contribution in [3.05, 3.63) is 65.2 Å². The molecule has 0 saturated carbocycles. The zero-order valence-corrected chi connectivity index (χ0v) is 19.1. The molecule has 0 saturated heterocycles. The van der Waals surface area contributed by atoms with Crippen LogP contribution in [0.3, 0.4) is 0 Å². The molecule has 0 heterocycles. The van der Waals surface area contributed by atoms with Gasteiger partial charge in [0.1, 0.15) is 35.1 Å². The molecule has 2 aromatic rings. The molecule has 1 amide bonds. The van der Waals surface area contributed by atoms with Gasteiger partial charge >= 0.3 is 12.1 Å². The highest BCUT2D eigenvalue weighted by Gasteiger charge is 2.30. The molecule has 32 heavy (non-hydrogen) atoms. The summed E-state index contributed by atoms with van der Waals surface area (Å²) in [6.07, 6.45) is -1.50. The van der Waals surface area contributed by atoms with E-state index >= 15 is 0 Å². The fourth-order valence-corrected chi connectivity index (χ4v) is 3.21. The quantitative estimate of drug-likeness (QED) is 0.606. The number of halogens is 2.